The molecule has 0 radical (unpaired) electrons. The summed E-state index contributed by atoms with van der Waals surface area (Å²) < 4.78 is 5.43. The molecule has 0 spiro atoms. The van der Waals surface area contributed by atoms with Gasteiger partial charge in [0.25, 0.3) is 0 Å². The van der Waals surface area contributed by atoms with Crippen LogP contribution in [0.25, 0.3) is 0 Å². The lowest BCUT2D eigenvalue weighted by Crippen LogP contribution is -2.55. The predicted molar refractivity (Wildman–Crippen MR) is 88.0 cm³/mol. The van der Waals surface area contributed by atoms with Crippen molar-refractivity contribution >= 4 is 17.7 Å². The van der Waals surface area contributed by atoms with Crippen LogP contribution < -0.4 is 4.90 Å². The van der Waals surface area contributed by atoms with E-state index in [0.717, 1.165) is 5.69 Å². The van der Waals surface area contributed by atoms with Crippen molar-refractivity contribution < 1.29 is 19.4 Å². The van der Waals surface area contributed by atoms with Gasteiger partial charge < -0.3 is 19.6 Å². The van der Waals surface area contributed by atoms with Crippen molar-refractivity contribution in [2.24, 2.45) is 0 Å². The average molecular weight is 320 g/mol. The van der Waals surface area contributed by atoms with Crippen molar-refractivity contribution in [1.29, 1.82) is 0 Å². The highest BCUT2D eigenvalue weighted by Crippen LogP contribution is 2.22. The molecule has 2 rings (SSSR count). The minimum atomic E-state index is -0.938. The predicted octanol–water partition coefficient (Wildman–Crippen LogP) is 2.83. The van der Waals surface area contributed by atoms with Crippen LogP contribution in [0, 0.1) is 0 Å². The quantitative estimate of drug-likeness (QED) is 0.907. The Morgan fingerprint density at radius 3 is 2.52 bits per heavy atom. The van der Waals surface area contributed by atoms with Crippen molar-refractivity contribution in [2.75, 3.05) is 24.5 Å². The van der Waals surface area contributed by atoms with Gasteiger partial charge in [-0.15, -0.1) is 0 Å². The van der Waals surface area contributed by atoms with Gasteiger partial charge in [0.2, 0.25) is 0 Å². The van der Waals surface area contributed by atoms with Gasteiger partial charge in [0.15, 0.2) is 0 Å². The van der Waals surface area contributed by atoms with Crippen molar-refractivity contribution in [3.8, 4) is 0 Å². The van der Waals surface area contributed by atoms with Crippen molar-refractivity contribution in [2.45, 2.75) is 39.3 Å². The number of amides is 1. The maximum Gasteiger partial charge on any atom is 0.410 e. The topological polar surface area (TPSA) is 70.1 Å². The molecule has 1 amide bonds. The molecule has 1 saturated heterocycles. The second kappa shape index (κ2) is 6.48. The summed E-state index contributed by atoms with van der Waals surface area (Å²) in [7, 11) is 0. The monoisotopic (exact) mass is 320 g/mol. The Kier molecular flexibility index (Phi) is 4.82. The van der Waals surface area contributed by atoms with Gasteiger partial charge in [0.1, 0.15) is 5.60 Å². The number of anilines is 1. The molecule has 0 unspecified atom stereocenters. The zero-order valence-corrected chi connectivity index (χ0v) is 14.1. The van der Waals surface area contributed by atoms with Gasteiger partial charge in [-0.05, 0) is 45.9 Å². The van der Waals surface area contributed by atoms with Gasteiger partial charge in [0, 0.05) is 31.4 Å². The average Bonchev–Trinajstić information content (AvgIpc) is 2.45. The summed E-state index contributed by atoms with van der Waals surface area (Å²) in [6.07, 6.45) is -0.302. The minimum Gasteiger partial charge on any atom is -0.478 e. The zero-order chi connectivity index (χ0) is 17.2. The van der Waals surface area contributed by atoms with E-state index in [9.17, 15) is 9.59 Å². The molecule has 6 nitrogen and oxygen atoms in total. The number of benzene rings is 1. The Morgan fingerprint density at radius 1 is 1.26 bits per heavy atom. The van der Waals surface area contributed by atoms with Crippen molar-refractivity contribution in [3.63, 3.8) is 0 Å². The third-order valence-corrected chi connectivity index (χ3v) is 3.71. The highest BCUT2D eigenvalue weighted by Gasteiger charge is 2.31. The summed E-state index contributed by atoms with van der Waals surface area (Å²) in [5.74, 6) is -0.938. The highest BCUT2D eigenvalue weighted by molar-refractivity contribution is 5.88. The molecule has 1 fully saturated rings. The summed E-state index contributed by atoms with van der Waals surface area (Å²) in [6, 6.07) is 6.86. The molecule has 1 aliphatic heterocycles. The van der Waals surface area contributed by atoms with Gasteiger partial charge in [0.05, 0.1) is 5.56 Å². The number of ether oxygens (including phenoxy) is 1. The lowest BCUT2D eigenvalue weighted by molar-refractivity contribution is 0.0159. The maximum atomic E-state index is 12.2. The number of hydrogen-bond acceptors (Lipinski definition) is 4. The van der Waals surface area contributed by atoms with Gasteiger partial charge in [-0.25, -0.2) is 9.59 Å². The number of carboxylic acids is 1. The van der Waals surface area contributed by atoms with Crippen molar-refractivity contribution in [1.82, 2.24) is 4.90 Å². The van der Waals surface area contributed by atoms with E-state index in [1.54, 1.807) is 23.1 Å². The van der Waals surface area contributed by atoms with E-state index in [1.807, 2.05) is 33.8 Å². The molecule has 0 saturated carbocycles. The summed E-state index contributed by atoms with van der Waals surface area (Å²) in [4.78, 5) is 27.1. The van der Waals surface area contributed by atoms with Crippen LogP contribution in [0.1, 0.15) is 38.1 Å². The van der Waals surface area contributed by atoms with Crippen LogP contribution in [-0.2, 0) is 4.74 Å². The smallest absolute Gasteiger partial charge is 0.410 e. The van der Waals surface area contributed by atoms with Gasteiger partial charge >= 0.3 is 12.1 Å². The van der Waals surface area contributed by atoms with Crippen LogP contribution >= 0.6 is 0 Å². The van der Waals surface area contributed by atoms with E-state index >= 15 is 0 Å². The van der Waals surface area contributed by atoms with E-state index in [0.29, 0.717) is 19.6 Å². The Balaban J connectivity index is 2.05. The molecule has 6 heteroatoms. The Morgan fingerprint density at radius 2 is 1.96 bits per heavy atom. The molecule has 23 heavy (non-hydrogen) atoms. The molecule has 1 heterocycles. The third-order valence-electron chi connectivity index (χ3n) is 3.71. The van der Waals surface area contributed by atoms with Gasteiger partial charge in [-0.1, -0.05) is 6.07 Å². The van der Waals surface area contributed by atoms with E-state index in [4.69, 9.17) is 9.84 Å². The molecular formula is C17H24N2O4. The van der Waals surface area contributed by atoms with E-state index in [2.05, 4.69) is 4.90 Å². The van der Waals surface area contributed by atoms with Crippen LogP contribution in [0.4, 0.5) is 10.5 Å². The number of carbonyl (C=O) groups excluding carboxylic acids is 1. The molecule has 0 aromatic heterocycles. The number of rotatable bonds is 2. The summed E-state index contributed by atoms with van der Waals surface area (Å²) >= 11 is 0. The lowest BCUT2D eigenvalue weighted by atomic mass is 10.1. The first-order chi connectivity index (χ1) is 10.7. The molecule has 126 valence electrons. The first kappa shape index (κ1) is 17.1. The molecule has 1 aromatic rings. The Labute approximate surface area is 136 Å². The Hall–Kier alpha value is -2.24. The maximum absolute atomic E-state index is 12.2. The second-order valence-corrected chi connectivity index (χ2v) is 6.82. The highest BCUT2D eigenvalue weighted by atomic mass is 16.6. The summed E-state index contributed by atoms with van der Waals surface area (Å²) in [6.45, 7) is 9.36. The number of hydrogen-bond donors (Lipinski definition) is 1. The van der Waals surface area contributed by atoms with E-state index < -0.39 is 11.6 Å². The van der Waals surface area contributed by atoms with Crippen molar-refractivity contribution in [3.05, 3.63) is 29.8 Å². The van der Waals surface area contributed by atoms with Crippen LogP contribution in [0.3, 0.4) is 0 Å². The third kappa shape index (κ3) is 4.37. The molecule has 1 aromatic carbocycles. The molecule has 1 aliphatic rings. The van der Waals surface area contributed by atoms with E-state index in [-0.39, 0.29) is 17.7 Å². The first-order valence-electron chi connectivity index (χ1n) is 7.75. The van der Waals surface area contributed by atoms with Gasteiger partial charge in [-0.2, -0.15) is 0 Å². The fraction of sp³-hybridized carbons (Fsp3) is 0.529. The van der Waals surface area contributed by atoms with Crippen LogP contribution in [0.15, 0.2) is 24.3 Å². The van der Waals surface area contributed by atoms with E-state index in [1.165, 1.54) is 0 Å². The lowest BCUT2D eigenvalue weighted by Gasteiger charge is -2.41. The number of nitrogens with zero attached hydrogens (tertiary/aromatic N) is 2. The summed E-state index contributed by atoms with van der Waals surface area (Å²) in [5.41, 5.74) is 0.620. The number of carbonyl (C=O) groups is 2. The normalized spacial score (nSPS) is 18.7. The fourth-order valence-electron chi connectivity index (χ4n) is 2.62. The largest absolute Gasteiger partial charge is 0.478 e. The first-order valence-corrected chi connectivity index (χ1v) is 7.75. The molecule has 1 N–H and O–H groups in total. The van der Waals surface area contributed by atoms with Crippen LogP contribution in [-0.4, -0.2) is 53.3 Å². The SMILES string of the molecule is C[C@H]1CN(c2cccc(C(=O)O)c2)CCN1C(=O)OC(C)(C)C. The molecule has 0 bridgehead atoms. The standard InChI is InChI=1S/C17H24N2O4/c1-12-11-18(14-7-5-6-13(10-14)15(20)21)8-9-19(12)16(22)23-17(2,3)4/h5-7,10,12H,8-9,11H2,1-4H3,(H,20,21)/t12-/m0/s1. The molecular weight excluding hydrogens is 296 g/mol. The second-order valence-electron chi connectivity index (χ2n) is 6.82. The van der Waals surface area contributed by atoms with Crippen LogP contribution in [0.2, 0.25) is 0 Å². The fourth-order valence-corrected chi connectivity index (χ4v) is 2.62. The molecule has 1 atom stereocenters. The number of carboxylic acid groups (broad SMARTS) is 1. The zero-order valence-electron chi connectivity index (χ0n) is 14.1. The molecule has 0 aliphatic carbocycles. The Bertz CT molecular complexity index is 595. The van der Waals surface area contributed by atoms with Crippen LogP contribution in [0.5, 0.6) is 0 Å². The minimum absolute atomic E-state index is 0.00733. The van der Waals surface area contributed by atoms with Gasteiger partial charge in [-0.3, -0.25) is 0 Å². The number of piperazine rings is 1. The number of aromatic carboxylic acids is 1. The summed E-state index contributed by atoms with van der Waals surface area (Å²) in [5, 5.41) is 9.09.